The van der Waals surface area contributed by atoms with Gasteiger partial charge in [0.25, 0.3) is 0 Å². The zero-order valence-electron chi connectivity index (χ0n) is 11.3. The highest BCUT2D eigenvalue weighted by molar-refractivity contribution is 6.29. The number of nitrogens with zero attached hydrogens (tertiary/aromatic N) is 2. The molecular formula is C14H21ClN2O. The zero-order valence-corrected chi connectivity index (χ0v) is 12.1. The van der Waals surface area contributed by atoms with Crippen LogP contribution in [0.15, 0.2) is 12.1 Å². The molecule has 0 aliphatic heterocycles. The van der Waals surface area contributed by atoms with Gasteiger partial charge in [-0.2, -0.15) is 0 Å². The van der Waals surface area contributed by atoms with Crippen LogP contribution < -0.4 is 4.74 Å². The van der Waals surface area contributed by atoms with Crippen molar-refractivity contribution < 1.29 is 4.74 Å². The minimum absolute atomic E-state index is 0.277. The Bertz CT molecular complexity index is 378. The summed E-state index contributed by atoms with van der Waals surface area (Å²) in [6.45, 7) is 6.97. The lowest BCUT2D eigenvalue weighted by molar-refractivity contribution is 0.0844. The summed E-state index contributed by atoms with van der Waals surface area (Å²) in [6.07, 6.45) is 4.95. The molecule has 0 aromatic carbocycles. The van der Waals surface area contributed by atoms with E-state index < -0.39 is 0 Å². The van der Waals surface area contributed by atoms with Crippen molar-refractivity contribution in [3.05, 3.63) is 17.3 Å². The number of rotatable bonds is 2. The SMILES string of the molecule is CC(C)(C)[C@H]1CC[C@H](Oc2ccc(Cl)nn2)CC1. The van der Waals surface area contributed by atoms with Gasteiger partial charge in [-0.05, 0) is 43.1 Å². The van der Waals surface area contributed by atoms with Crippen LogP contribution in [0.25, 0.3) is 0 Å². The van der Waals surface area contributed by atoms with Crippen molar-refractivity contribution >= 4 is 11.6 Å². The van der Waals surface area contributed by atoms with E-state index in [1.807, 2.05) is 0 Å². The maximum absolute atomic E-state index is 5.84. The van der Waals surface area contributed by atoms with E-state index in [2.05, 4.69) is 31.0 Å². The monoisotopic (exact) mass is 268 g/mol. The molecular weight excluding hydrogens is 248 g/mol. The molecule has 4 heteroatoms. The molecule has 0 spiro atoms. The third-order valence-corrected chi connectivity index (χ3v) is 4.00. The summed E-state index contributed by atoms with van der Waals surface area (Å²) in [5.41, 5.74) is 0.408. The van der Waals surface area contributed by atoms with E-state index in [4.69, 9.17) is 16.3 Å². The van der Waals surface area contributed by atoms with Gasteiger partial charge >= 0.3 is 0 Å². The lowest BCUT2D eigenvalue weighted by atomic mass is 9.72. The summed E-state index contributed by atoms with van der Waals surface area (Å²) in [7, 11) is 0. The normalized spacial score (nSPS) is 24.9. The van der Waals surface area contributed by atoms with Crippen molar-refractivity contribution in [3.8, 4) is 5.88 Å². The van der Waals surface area contributed by atoms with Crippen LogP contribution in [0.5, 0.6) is 5.88 Å². The van der Waals surface area contributed by atoms with E-state index in [1.165, 1.54) is 12.8 Å². The van der Waals surface area contributed by atoms with E-state index in [-0.39, 0.29) is 6.10 Å². The molecule has 0 radical (unpaired) electrons. The van der Waals surface area contributed by atoms with E-state index >= 15 is 0 Å². The molecule has 0 N–H and O–H groups in total. The molecule has 0 atom stereocenters. The number of hydrogen-bond donors (Lipinski definition) is 0. The van der Waals surface area contributed by atoms with Gasteiger partial charge in [-0.15, -0.1) is 10.2 Å². The van der Waals surface area contributed by atoms with E-state index in [1.54, 1.807) is 12.1 Å². The highest BCUT2D eigenvalue weighted by atomic mass is 35.5. The Kier molecular flexibility index (Phi) is 4.10. The molecule has 1 aromatic rings. The summed E-state index contributed by atoms with van der Waals surface area (Å²) in [4.78, 5) is 0. The van der Waals surface area contributed by atoms with Gasteiger partial charge in [0.1, 0.15) is 6.10 Å². The van der Waals surface area contributed by atoms with Crippen LogP contribution >= 0.6 is 11.6 Å². The molecule has 1 saturated carbocycles. The van der Waals surface area contributed by atoms with Crippen LogP contribution in [0.4, 0.5) is 0 Å². The predicted molar refractivity (Wildman–Crippen MR) is 72.9 cm³/mol. The summed E-state index contributed by atoms with van der Waals surface area (Å²) in [5, 5.41) is 8.13. The average Bonchev–Trinajstić information content (AvgIpc) is 2.32. The average molecular weight is 269 g/mol. The molecule has 3 nitrogen and oxygen atoms in total. The van der Waals surface area contributed by atoms with E-state index in [9.17, 15) is 0 Å². The molecule has 1 heterocycles. The Hall–Kier alpha value is -0.830. The maximum atomic E-state index is 5.84. The molecule has 2 rings (SSSR count). The fourth-order valence-electron chi connectivity index (χ4n) is 2.58. The minimum atomic E-state index is 0.277. The molecule has 1 aromatic heterocycles. The summed E-state index contributed by atoms with van der Waals surface area (Å²) < 4.78 is 5.84. The molecule has 0 bridgehead atoms. The first-order valence-electron chi connectivity index (χ1n) is 6.61. The number of aromatic nitrogens is 2. The lowest BCUT2D eigenvalue weighted by Gasteiger charge is -2.36. The van der Waals surface area contributed by atoms with Crippen molar-refractivity contribution in [2.75, 3.05) is 0 Å². The number of ether oxygens (including phenoxy) is 1. The van der Waals surface area contributed by atoms with Crippen LogP contribution in [-0.2, 0) is 0 Å². The summed E-state index contributed by atoms with van der Waals surface area (Å²) in [6, 6.07) is 3.50. The Labute approximate surface area is 114 Å². The van der Waals surface area contributed by atoms with Gasteiger partial charge in [0.2, 0.25) is 5.88 Å². The second-order valence-corrected chi connectivity index (χ2v) is 6.54. The van der Waals surface area contributed by atoms with Crippen LogP contribution in [0, 0.1) is 11.3 Å². The van der Waals surface area contributed by atoms with Gasteiger partial charge in [-0.25, -0.2) is 0 Å². The van der Waals surface area contributed by atoms with E-state index in [0.717, 1.165) is 18.8 Å². The first-order chi connectivity index (χ1) is 8.45. The van der Waals surface area contributed by atoms with Crippen molar-refractivity contribution in [2.24, 2.45) is 11.3 Å². The molecule has 1 aliphatic rings. The second kappa shape index (κ2) is 5.43. The second-order valence-electron chi connectivity index (χ2n) is 6.15. The van der Waals surface area contributed by atoms with Gasteiger partial charge in [0.15, 0.2) is 5.15 Å². The summed E-state index contributed by atoms with van der Waals surface area (Å²) >= 11 is 5.69. The fourth-order valence-corrected chi connectivity index (χ4v) is 2.68. The molecule has 0 saturated heterocycles. The van der Waals surface area contributed by atoms with Crippen molar-refractivity contribution in [1.82, 2.24) is 10.2 Å². The van der Waals surface area contributed by atoms with E-state index in [0.29, 0.717) is 16.4 Å². The van der Waals surface area contributed by atoms with Gasteiger partial charge in [-0.1, -0.05) is 32.4 Å². The highest BCUT2D eigenvalue weighted by Crippen LogP contribution is 2.38. The molecule has 1 fully saturated rings. The topological polar surface area (TPSA) is 35.0 Å². The van der Waals surface area contributed by atoms with Crippen molar-refractivity contribution in [2.45, 2.75) is 52.6 Å². The van der Waals surface area contributed by atoms with Gasteiger partial charge in [-0.3, -0.25) is 0 Å². The molecule has 18 heavy (non-hydrogen) atoms. The smallest absolute Gasteiger partial charge is 0.233 e. The van der Waals surface area contributed by atoms with Gasteiger partial charge in [0.05, 0.1) is 0 Å². The number of halogens is 1. The van der Waals surface area contributed by atoms with Gasteiger partial charge < -0.3 is 4.74 Å². The standard InChI is InChI=1S/C14H21ClN2O/c1-14(2,3)10-4-6-11(7-5-10)18-13-9-8-12(15)16-17-13/h8-11H,4-7H2,1-3H3/t10-,11-. The Balaban J connectivity index is 1.85. The first kappa shape index (κ1) is 13.6. The molecule has 0 amide bonds. The minimum Gasteiger partial charge on any atom is -0.473 e. The van der Waals surface area contributed by atoms with Crippen LogP contribution in [0.3, 0.4) is 0 Å². The third-order valence-electron chi connectivity index (χ3n) is 3.79. The van der Waals surface area contributed by atoms with Crippen molar-refractivity contribution in [1.29, 1.82) is 0 Å². The third kappa shape index (κ3) is 3.58. The maximum Gasteiger partial charge on any atom is 0.233 e. The predicted octanol–water partition coefficient (Wildman–Crippen LogP) is 4.11. The Morgan fingerprint density at radius 3 is 2.28 bits per heavy atom. The largest absolute Gasteiger partial charge is 0.473 e. The quantitative estimate of drug-likeness (QED) is 0.809. The van der Waals surface area contributed by atoms with Crippen molar-refractivity contribution in [3.63, 3.8) is 0 Å². The Morgan fingerprint density at radius 1 is 1.11 bits per heavy atom. The van der Waals surface area contributed by atoms with Crippen LogP contribution in [0.2, 0.25) is 5.15 Å². The summed E-state index contributed by atoms with van der Waals surface area (Å²) in [5.74, 6) is 1.38. The highest BCUT2D eigenvalue weighted by Gasteiger charge is 2.30. The molecule has 100 valence electrons. The molecule has 0 unspecified atom stereocenters. The number of hydrogen-bond acceptors (Lipinski definition) is 3. The first-order valence-corrected chi connectivity index (χ1v) is 6.99. The lowest BCUT2D eigenvalue weighted by Crippen LogP contribution is -2.30. The van der Waals surface area contributed by atoms with Crippen LogP contribution in [-0.4, -0.2) is 16.3 Å². The zero-order chi connectivity index (χ0) is 13.2. The molecule has 1 aliphatic carbocycles. The van der Waals surface area contributed by atoms with Gasteiger partial charge in [0, 0.05) is 6.07 Å². The van der Waals surface area contributed by atoms with Crippen LogP contribution in [0.1, 0.15) is 46.5 Å². The Morgan fingerprint density at radius 2 is 1.78 bits per heavy atom. The fraction of sp³-hybridized carbons (Fsp3) is 0.714.